The molecule has 0 aliphatic carbocycles. The molecule has 3 aromatic heterocycles. The van der Waals surface area contributed by atoms with Crippen molar-refractivity contribution in [1.29, 1.82) is 0 Å². The zero-order valence-corrected chi connectivity index (χ0v) is 14.7. The fourth-order valence-corrected chi connectivity index (χ4v) is 2.84. The number of rotatable bonds is 5. The molecular formula is C17H10F3N5O2S. The Morgan fingerprint density at radius 3 is 2.39 bits per heavy atom. The predicted molar refractivity (Wildman–Crippen MR) is 91.8 cm³/mol. The van der Waals surface area contributed by atoms with Crippen molar-refractivity contribution in [3.63, 3.8) is 0 Å². The number of thioether (sulfide) groups is 1. The Bertz CT molecular complexity index is 1060. The molecule has 1 aromatic carbocycles. The van der Waals surface area contributed by atoms with Crippen LogP contribution >= 0.6 is 11.8 Å². The van der Waals surface area contributed by atoms with E-state index in [1.165, 1.54) is 23.9 Å². The summed E-state index contributed by atoms with van der Waals surface area (Å²) in [6, 6.07) is 8.03. The van der Waals surface area contributed by atoms with Gasteiger partial charge in [0, 0.05) is 23.5 Å². The van der Waals surface area contributed by atoms with Crippen molar-refractivity contribution < 1.29 is 22.1 Å². The standard InChI is InChI=1S/C17H10F3N5O2S/c18-17(19,20)12-3-1-10(2-4-12)14-22-13(27-25-14)9-28-16-24-23-15(26-16)11-5-7-21-8-6-11/h1-8H,9H2. The van der Waals surface area contributed by atoms with Crippen LogP contribution in [0.15, 0.2) is 63.0 Å². The highest BCUT2D eigenvalue weighted by Crippen LogP contribution is 2.31. The molecule has 4 aromatic rings. The van der Waals surface area contributed by atoms with E-state index in [2.05, 4.69) is 25.3 Å². The first kappa shape index (κ1) is 18.2. The van der Waals surface area contributed by atoms with Crippen LogP contribution in [-0.4, -0.2) is 25.3 Å². The van der Waals surface area contributed by atoms with Crippen LogP contribution in [0.4, 0.5) is 13.2 Å². The molecule has 28 heavy (non-hydrogen) atoms. The van der Waals surface area contributed by atoms with E-state index in [0.717, 1.165) is 17.7 Å². The average Bonchev–Trinajstić information content (AvgIpc) is 3.36. The van der Waals surface area contributed by atoms with Gasteiger partial charge in [0.2, 0.25) is 17.6 Å². The molecule has 0 unspecified atom stereocenters. The second-order valence-corrected chi connectivity index (χ2v) is 6.41. The van der Waals surface area contributed by atoms with Gasteiger partial charge in [0.1, 0.15) is 0 Å². The minimum absolute atomic E-state index is 0.201. The number of nitrogens with zero attached hydrogens (tertiary/aromatic N) is 5. The summed E-state index contributed by atoms with van der Waals surface area (Å²) in [4.78, 5) is 8.09. The van der Waals surface area contributed by atoms with Crippen molar-refractivity contribution in [3.8, 4) is 22.8 Å². The molecule has 0 fully saturated rings. The summed E-state index contributed by atoms with van der Waals surface area (Å²) in [6.45, 7) is 0. The van der Waals surface area contributed by atoms with E-state index >= 15 is 0 Å². The van der Waals surface area contributed by atoms with Gasteiger partial charge in [0.05, 0.1) is 11.3 Å². The molecule has 142 valence electrons. The van der Waals surface area contributed by atoms with Crippen LogP contribution in [0.5, 0.6) is 0 Å². The highest BCUT2D eigenvalue weighted by molar-refractivity contribution is 7.98. The minimum atomic E-state index is -4.39. The molecule has 0 N–H and O–H groups in total. The van der Waals surface area contributed by atoms with Crippen molar-refractivity contribution >= 4 is 11.8 Å². The molecule has 0 amide bonds. The lowest BCUT2D eigenvalue weighted by atomic mass is 10.1. The molecule has 0 aliphatic rings. The third kappa shape index (κ3) is 4.03. The monoisotopic (exact) mass is 405 g/mol. The largest absolute Gasteiger partial charge is 0.416 e. The van der Waals surface area contributed by atoms with Gasteiger partial charge in [-0.15, -0.1) is 10.2 Å². The third-order valence-electron chi connectivity index (χ3n) is 3.59. The third-order valence-corrected chi connectivity index (χ3v) is 4.39. The van der Waals surface area contributed by atoms with Crippen LogP contribution in [0.25, 0.3) is 22.8 Å². The number of pyridine rings is 1. The topological polar surface area (TPSA) is 90.7 Å². The molecule has 0 atom stereocenters. The van der Waals surface area contributed by atoms with E-state index in [1.54, 1.807) is 24.5 Å². The molecule has 0 bridgehead atoms. The molecule has 11 heteroatoms. The second-order valence-electron chi connectivity index (χ2n) is 5.48. The SMILES string of the molecule is FC(F)(F)c1ccc(-c2noc(CSc3nnc(-c4ccncc4)o3)n2)cc1. The summed E-state index contributed by atoms with van der Waals surface area (Å²) >= 11 is 1.20. The summed E-state index contributed by atoms with van der Waals surface area (Å²) in [7, 11) is 0. The Balaban J connectivity index is 1.41. The van der Waals surface area contributed by atoms with Crippen LogP contribution in [0.1, 0.15) is 11.5 Å². The highest BCUT2D eigenvalue weighted by Gasteiger charge is 2.30. The predicted octanol–water partition coefficient (Wildman–Crippen LogP) is 4.49. The molecule has 0 radical (unpaired) electrons. The summed E-state index contributed by atoms with van der Waals surface area (Å²) in [5, 5.41) is 12.0. The Kier molecular flexibility index (Phi) is 4.82. The van der Waals surface area contributed by atoms with E-state index in [0.29, 0.717) is 16.7 Å². The van der Waals surface area contributed by atoms with Crippen LogP contribution in [-0.2, 0) is 11.9 Å². The van der Waals surface area contributed by atoms with E-state index in [9.17, 15) is 13.2 Å². The normalized spacial score (nSPS) is 11.7. The average molecular weight is 405 g/mol. The summed E-state index contributed by atoms with van der Waals surface area (Å²) in [6.07, 6.45) is -1.15. The minimum Gasteiger partial charge on any atom is -0.411 e. The summed E-state index contributed by atoms with van der Waals surface area (Å²) in [5.74, 6) is 1.11. The van der Waals surface area contributed by atoms with Gasteiger partial charge in [-0.25, -0.2) is 0 Å². The zero-order valence-electron chi connectivity index (χ0n) is 13.9. The molecule has 7 nitrogen and oxygen atoms in total. The molecule has 0 spiro atoms. The lowest BCUT2D eigenvalue weighted by molar-refractivity contribution is -0.137. The van der Waals surface area contributed by atoms with Crippen LogP contribution in [0.2, 0.25) is 0 Å². The van der Waals surface area contributed by atoms with Gasteiger partial charge in [0.15, 0.2) is 0 Å². The second kappa shape index (κ2) is 7.43. The number of hydrogen-bond acceptors (Lipinski definition) is 8. The fraction of sp³-hybridized carbons (Fsp3) is 0.118. The Labute approximate surface area is 160 Å². The van der Waals surface area contributed by atoms with Gasteiger partial charge in [-0.05, 0) is 24.3 Å². The van der Waals surface area contributed by atoms with Crippen molar-refractivity contribution in [3.05, 3.63) is 60.2 Å². The quantitative estimate of drug-likeness (QED) is 0.449. The fourth-order valence-electron chi connectivity index (χ4n) is 2.24. The van der Waals surface area contributed by atoms with E-state index in [1.807, 2.05) is 0 Å². The maximum absolute atomic E-state index is 12.6. The number of benzene rings is 1. The molecule has 0 saturated heterocycles. The Morgan fingerprint density at radius 1 is 0.929 bits per heavy atom. The molecule has 4 rings (SSSR count). The first-order valence-electron chi connectivity index (χ1n) is 7.86. The Morgan fingerprint density at radius 2 is 1.68 bits per heavy atom. The summed E-state index contributed by atoms with van der Waals surface area (Å²) < 4.78 is 48.5. The van der Waals surface area contributed by atoms with Gasteiger partial charge in [-0.3, -0.25) is 4.98 Å². The summed E-state index contributed by atoms with van der Waals surface area (Å²) in [5.41, 5.74) is 0.430. The van der Waals surface area contributed by atoms with Crippen molar-refractivity contribution in [2.24, 2.45) is 0 Å². The maximum atomic E-state index is 12.6. The molecular weight excluding hydrogens is 395 g/mol. The first-order chi connectivity index (χ1) is 13.5. The van der Waals surface area contributed by atoms with E-state index in [-0.39, 0.29) is 17.5 Å². The molecule has 0 aliphatic heterocycles. The van der Waals surface area contributed by atoms with Crippen LogP contribution < -0.4 is 0 Å². The Hall–Kier alpha value is -3.21. The van der Waals surface area contributed by atoms with Crippen LogP contribution in [0.3, 0.4) is 0 Å². The van der Waals surface area contributed by atoms with Gasteiger partial charge in [-0.1, -0.05) is 29.1 Å². The first-order valence-corrected chi connectivity index (χ1v) is 8.84. The van der Waals surface area contributed by atoms with E-state index < -0.39 is 11.7 Å². The van der Waals surface area contributed by atoms with E-state index in [4.69, 9.17) is 8.94 Å². The number of halogens is 3. The van der Waals surface area contributed by atoms with Gasteiger partial charge < -0.3 is 8.94 Å². The van der Waals surface area contributed by atoms with Crippen molar-refractivity contribution in [2.45, 2.75) is 17.2 Å². The van der Waals surface area contributed by atoms with Crippen molar-refractivity contribution in [1.82, 2.24) is 25.3 Å². The van der Waals surface area contributed by atoms with Gasteiger partial charge in [0.25, 0.3) is 5.22 Å². The van der Waals surface area contributed by atoms with Gasteiger partial charge >= 0.3 is 6.18 Å². The maximum Gasteiger partial charge on any atom is 0.416 e. The zero-order chi connectivity index (χ0) is 19.6. The lowest BCUT2D eigenvalue weighted by Gasteiger charge is -2.05. The molecule has 3 heterocycles. The number of aromatic nitrogens is 5. The smallest absolute Gasteiger partial charge is 0.411 e. The lowest BCUT2D eigenvalue weighted by Crippen LogP contribution is -2.04. The van der Waals surface area contributed by atoms with Crippen LogP contribution in [0, 0.1) is 0 Å². The van der Waals surface area contributed by atoms with Crippen molar-refractivity contribution in [2.75, 3.05) is 0 Å². The number of alkyl halides is 3. The highest BCUT2D eigenvalue weighted by atomic mass is 32.2. The van der Waals surface area contributed by atoms with Gasteiger partial charge in [-0.2, -0.15) is 18.2 Å². The molecule has 0 saturated carbocycles. The number of hydrogen-bond donors (Lipinski definition) is 0.